The summed E-state index contributed by atoms with van der Waals surface area (Å²) >= 11 is 0. The van der Waals surface area contributed by atoms with Gasteiger partial charge in [-0.3, -0.25) is 14.3 Å². The predicted octanol–water partition coefficient (Wildman–Crippen LogP) is 3.99. The van der Waals surface area contributed by atoms with Gasteiger partial charge in [-0.1, -0.05) is 30.3 Å². The van der Waals surface area contributed by atoms with Crippen molar-refractivity contribution in [2.45, 2.75) is 54.0 Å². The van der Waals surface area contributed by atoms with Crippen molar-refractivity contribution in [2.24, 2.45) is 0 Å². The number of aromatic nitrogens is 4. The highest BCUT2D eigenvalue weighted by atomic mass is 15.5. The van der Waals surface area contributed by atoms with E-state index in [0.717, 1.165) is 24.7 Å². The van der Waals surface area contributed by atoms with Crippen LogP contribution in [0.5, 0.6) is 0 Å². The maximum Gasteiger partial charge on any atom is 0.0951 e. The van der Waals surface area contributed by atoms with Gasteiger partial charge in [-0.25, -0.2) is 0 Å². The van der Waals surface area contributed by atoms with Crippen LogP contribution in [0.25, 0.3) is 0 Å². The minimum absolute atomic E-state index is 0.258. The predicted molar refractivity (Wildman–Crippen MR) is 100 cm³/mol. The fourth-order valence-electron chi connectivity index (χ4n) is 3.21. The summed E-state index contributed by atoms with van der Waals surface area (Å²) in [6.45, 7) is 12.0. The van der Waals surface area contributed by atoms with Crippen molar-refractivity contribution in [3.05, 3.63) is 70.8 Å². The molecule has 2 heterocycles. The first-order valence-corrected chi connectivity index (χ1v) is 8.75. The van der Waals surface area contributed by atoms with Gasteiger partial charge in [0.15, 0.2) is 0 Å². The van der Waals surface area contributed by atoms with Crippen LogP contribution in [0, 0.1) is 27.7 Å². The Hall–Kier alpha value is -2.40. The van der Waals surface area contributed by atoms with E-state index in [1.807, 2.05) is 13.8 Å². The van der Waals surface area contributed by atoms with Crippen molar-refractivity contribution in [3.8, 4) is 0 Å². The molecule has 0 amide bonds. The quantitative estimate of drug-likeness (QED) is 0.683. The van der Waals surface area contributed by atoms with E-state index >= 15 is 0 Å². The van der Waals surface area contributed by atoms with E-state index in [-0.39, 0.29) is 6.04 Å². The molecule has 0 fully saturated rings. The average molecular weight is 337 g/mol. The van der Waals surface area contributed by atoms with Crippen molar-refractivity contribution in [1.29, 1.82) is 0 Å². The second-order valence-corrected chi connectivity index (χ2v) is 6.81. The number of rotatable bonds is 6. The Bertz CT molecular complexity index is 783. The van der Waals surface area contributed by atoms with Crippen LogP contribution in [-0.2, 0) is 13.3 Å². The second-order valence-electron chi connectivity index (χ2n) is 6.81. The summed E-state index contributed by atoms with van der Waals surface area (Å²) in [5, 5.41) is 9.28. The van der Waals surface area contributed by atoms with Crippen LogP contribution in [-0.4, -0.2) is 24.5 Å². The molecule has 1 aromatic carbocycles. The topological polar surface area (TPSA) is 38.9 Å². The summed E-state index contributed by atoms with van der Waals surface area (Å²) in [5.74, 6) is 0. The van der Waals surface area contributed by atoms with Gasteiger partial charge < -0.3 is 0 Å². The Morgan fingerprint density at radius 2 is 1.32 bits per heavy atom. The Kier molecular flexibility index (Phi) is 5.04. The van der Waals surface area contributed by atoms with Crippen LogP contribution >= 0.6 is 0 Å². The zero-order valence-electron chi connectivity index (χ0n) is 15.8. The first-order chi connectivity index (χ1) is 11.9. The molecule has 25 heavy (non-hydrogen) atoms. The van der Waals surface area contributed by atoms with E-state index in [9.17, 15) is 0 Å². The van der Waals surface area contributed by atoms with E-state index in [1.165, 1.54) is 17.0 Å². The third-order valence-corrected chi connectivity index (χ3v) is 4.67. The molecule has 5 heteroatoms. The van der Waals surface area contributed by atoms with Gasteiger partial charge in [-0.2, -0.15) is 10.2 Å². The molecule has 0 N–H and O–H groups in total. The van der Waals surface area contributed by atoms with Crippen molar-refractivity contribution < 1.29 is 0 Å². The maximum atomic E-state index is 4.64. The fraction of sp³-hybridized carbons (Fsp3) is 0.400. The lowest BCUT2D eigenvalue weighted by Crippen LogP contribution is -2.33. The number of nitrogens with zero attached hydrogens (tertiary/aromatic N) is 5. The molecular weight excluding hydrogens is 310 g/mol. The largest absolute Gasteiger partial charge is 0.258 e. The molecule has 0 aliphatic heterocycles. The average Bonchev–Trinajstić information content (AvgIpc) is 3.07. The first-order valence-electron chi connectivity index (χ1n) is 8.75. The lowest BCUT2D eigenvalue weighted by Gasteiger charge is -2.30. The third kappa shape index (κ3) is 3.99. The molecular formula is C20H27N5. The van der Waals surface area contributed by atoms with Crippen LogP contribution in [0.1, 0.15) is 41.3 Å². The smallest absolute Gasteiger partial charge is 0.0951 e. The summed E-state index contributed by atoms with van der Waals surface area (Å²) in [6, 6.07) is 15.1. The molecule has 5 nitrogen and oxygen atoms in total. The summed E-state index contributed by atoms with van der Waals surface area (Å²) in [6.07, 6.45) is 0. The first kappa shape index (κ1) is 17.4. The standard InChI is InChI=1S/C20H27N5/c1-15-11-17(3)24(21-15)13-23(14-25-18(4)12-16(2)22-25)19(5)20-9-7-6-8-10-20/h6-12,19H,13-14H2,1-5H3. The number of aryl methyl sites for hydroxylation is 4. The molecule has 0 spiro atoms. The van der Waals surface area contributed by atoms with Gasteiger partial charge in [-0.15, -0.1) is 0 Å². The maximum absolute atomic E-state index is 4.64. The molecule has 0 bridgehead atoms. The molecule has 0 saturated carbocycles. The second kappa shape index (κ2) is 7.23. The molecule has 0 aliphatic carbocycles. The minimum atomic E-state index is 0.258. The van der Waals surface area contributed by atoms with Gasteiger partial charge >= 0.3 is 0 Å². The van der Waals surface area contributed by atoms with Gasteiger partial charge in [0.05, 0.1) is 24.7 Å². The molecule has 1 unspecified atom stereocenters. The molecule has 3 aromatic rings. The molecule has 3 rings (SSSR count). The fourth-order valence-corrected chi connectivity index (χ4v) is 3.21. The van der Waals surface area contributed by atoms with Crippen molar-refractivity contribution in [2.75, 3.05) is 0 Å². The lowest BCUT2D eigenvalue weighted by atomic mass is 10.1. The molecule has 0 aliphatic rings. The summed E-state index contributed by atoms with van der Waals surface area (Å²) in [4.78, 5) is 2.40. The monoisotopic (exact) mass is 337 g/mol. The van der Waals surface area contributed by atoms with E-state index in [1.54, 1.807) is 0 Å². The number of hydrogen-bond acceptors (Lipinski definition) is 3. The Balaban J connectivity index is 1.90. The molecule has 132 valence electrons. The summed E-state index contributed by atoms with van der Waals surface area (Å²) < 4.78 is 4.14. The number of hydrogen-bond donors (Lipinski definition) is 0. The van der Waals surface area contributed by atoms with E-state index < -0.39 is 0 Å². The SMILES string of the molecule is Cc1cc(C)n(CN(Cn2nc(C)cc2C)C(C)c2ccccc2)n1. The van der Waals surface area contributed by atoms with Crippen molar-refractivity contribution in [3.63, 3.8) is 0 Å². The Morgan fingerprint density at radius 1 is 0.840 bits per heavy atom. The zero-order valence-corrected chi connectivity index (χ0v) is 15.8. The highest BCUT2D eigenvalue weighted by Crippen LogP contribution is 2.22. The normalized spacial score (nSPS) is 12.7. The van der Waals surface area contributed by atoms with Crippen LogP contribution in [0.15, 0.2) is 42.5 Å². The van der Waals surface area contributed by atoms with E-state index in [2.05, 4.69) is 87.7 Å². The third-order valence-electron chi connectivity index (χ3n) is 4.67. The van der Waals surface area contributed by atoms with Crippen LogP contribution in [0.3, 0.4) is 0 Å². The Morgan fingerprint density at radius 3 is 1.72 bits per heavy atom. The molecule has 2 aromatic heterocycles. The van der Waals surface area contributed by atoms with Gasteiger partial charge in [0.2, 0.25) is 0 Å². The molecule has 0 radical (unpaired) electrons. The summed E-state index contributed by atoms with van der Waals surface area (Å²) in [7, 11) is 0. The van der Waals surface area contributed by atoms with Crippen LogP contribution < -0.4 is 0 Å². The van der Waals surface area contributed by atoms with E-state index in [0.29, 0.717) is 0 Å². The van der Waals surface area contributed by atoms with Crippen LogP contribution in [0.4, 0.5) is 0 Å². The van der Waals surface area contributed by atoms with Gasteiger partial charge in [0.1, 0.15) is 0 Å². The molecule has 0 saturated heterocycles. The highest BCUT2D eigenvalue weighted by Gasteiger charge is 2.19. The highest BCUT2D eigenvalue weighted by molar-refractivity contribution is 5.18. The van der Waals surface area contributed by atoms with E-state index in [4.69, 9.17) is 0 Å². The minimum Gasteiger partial charge on any atom is -0.258 e. The Labute approximate surface area is 149 Å². The lowest BCUT2D eigenvalue weighted by molar-refractivity contribution is 0.103. The van der Waals surface area contributed by atoms with Crippen LogP contribution in [0.2, 0.25) is 0 Å². The van der Waals surface area contributed by atoms with Crippen molar-refractivity contribution in [1.82, 2.24) is 24.5 Å². The van der Waals surface area contributed by atoms with Crippen molar-refractivity contribution >= 4 is 0 Å². The van der Waals surface area contributed by atoms with Gasteiger partial charge in [0, 0.05) is 17.4 Å². The zero-order chi connectivity index (χ0) is 18.0. The van der Waals surface area contributed by atoms with Gasteiger partial charge in [0.25, 0.3) is 0 Å². The number of benzene rings is 1. The molecule has 1 atom stereocenters. The summed E-state index contributed by atoms with van der Waals surface area (Å²) in [5.41, 5.74) is 5.75. The van der Waals surface area contributed by atoms with Gasteiger partial charge in [-0.05, 0) is 52.3 Å².